The maximum atomic E-state index is 13.4. The Hall–Kier alpha value is -3.80. The lowest BCUT2D eigenvalue weighted by Gasteiger charge is -2.17. The Morgan fingerprint density at radius 3 is 2.42 bits per heavy atom. The van der Waals surface area contributed by atoms with Gasteiger partial charge in [0.1, 0.15) is 0 Å². The second kappa shape index (κ2) is 9.01. The Balaban J connectivity index is 0.00000168. The third-order valence-electron chi connectivity index (χ3n) is 7.75. The molecule has 3 aromatic rings. The molecule has 0 unspecified atom stereocenters. The van der Waals surface area contributed by atoms with E-state index in [9.17, 15) is 9.59 Å². The van der Waals surface area contributed by atoms with Crippen molar-refractivity contribution in [2.75, 3.05) is 12.1 Å². The number of aryl methyl sites for hydroxylation is 1. The van der Waals surface area contributed by atoms with Crippen LogP contribution in [0.15, 0.2) is 60.7 Å². The molecule has 0 saturated heterocycles. The first-order valence-corrected chi connectivity index (χ1v) is 12.8. The number of ether oxygens (including phenoxy) is 2. The summed E-state index contributed by atoms with van der Waals surface area (Å²) in [7, 11) is 0. The fourth-order valence-corrected chi connectivity index (χ4v) is 5.37. The van der Waals surface area contributed by atoms with Crippen molar-refractivity contribution in [3.63, 3.8) is 0 Å². The van der Waals surface area contributed by atoms with Gasteiger partial charge in [-0.3, -0.25) is 9.59 Å². The van der Waals surface area contributed by atoms with Crippen LogP contribution in [0.2, 0.25) is 0 Å². The molecule has 0 atom stereocenters. The molecule has 3 aliphatic rings. The fraction of sp³-hybridized carbons (Fsp3) is 0.333. The molecule has 6 rings (SSSR count). The number of hydrogen-bond donors (Lipinski definition) is 2. The van der Waals surface area contributed by atoms with E-state index in [1.165, 1.54) is 12.8 Å². The zero-order chi connectivity index (χ0) is 24.7. The molecule has 188 valence electrons. The zero-order valence-electron chi connectivity index (χ0n) is 20.4. The highest BCUT2D eigenvalue weighted by molar-refractivity contribution is 6.02. The summed E-state index contributed by atoms with van der Waals surface area (Å²) in [4.78, 5) is 26.0. The van der Waals surface area contributed by atoms with Crippen LogP contribution < -0.4 is 20.1 Å². The van der Waals surface area contributed by atoms with Crippen LogP contribution in [0.3, 0.4) is 0 Å². The Bertz CT molecular complexity index is 1330. The smallest absolute Gasteiger partial charge is 0.251 e. The topological polar surface area (TPSA) is 76.7 Å². The van der Waals surface area contributed by atoms with Crippen LogP contribution in [-0.2, 0) is 10.2 Å². The predicted octanol–water partition coefficient (Wildman–Crippen LogP) is 6.23. The Morgan fingerprint density at radius 1 is 0.917 bits per heavy atom. The van der Waals surface area contributed by atoms with Gasteiger partial charge in [-0.15, -0.1) is 0 Å². The highest BCUT2D eigenvalue weighted by Gasteiger charge is 2.51. The van der Waals surface area contributed by atoms with E-state index < -0.39 is 5.41 Å². The van der Waals surface area contributed by atoms with Crippen molar-refractivity contribution in [3.8, 4) is 22.6 Å². The van der Waals surface area contributed by atoms with E-state index in [1.54, 1.807) is 0 Å². The number of carbonyl (C=O) groups excluding carboxylic acids is 2. The Morgan fingerprint density at radius 2 is 1.67 bits per heavy atom. The molecule has 6 nitrogen and oxygen atoms in total. The maximum absolute atomic E-state index is 13.4. The van der Waals surface area contributed by atoms with Gasteiger partial charge in [-0.25, -0.2) is 0 Å². The highest BCUT2D eigenvalue weighted by atomic mass is 16.7. The average Bonchev–Trinajstić information content (AvgIpc) is 3.30. The van der Waals surface area contributed by atoms with Crippen LogP contribution in [0.4, 0.5) is 5.69 Å². The standard InChI is InChI=1S/C30H30N2O4.2H2/c1-19-6-12-24(32-29(34)30(14-15-30)22-11-13-26-27(16-22)36-18-35-26)17-25(19)20-7-9-21(10-8-20)28(33)31-23-4-2-3-5-23;;/h6-13,16-17,23H,2-5,14-15,18H2,1H3,(H,31,33)(H,32,34);2*1H. The molecule has 2 fully saturated rings. The SMILES string of the molecule is Cc1ccc(NC(=O)C2(c3ccc4c(c3)OCO4)CC2)cc1-c1ccc(C(=O)NC2CCCC2)cc1.[HH].[HH]. The molecule has 0 spiro atoms. The number of rotatable bonds is 6. The molecule has 2 N–H and O–H groups in total. The summed E-state index contributed by atoms with van der Waals surface area (Å²) in [6.45, 7) is 2.27. The molecule has 0 bridgehead atoms. The second-order valence-electron chi connectivity index (χ2n) is 10.2. The zero-order valence-corrected chi connectivity index (χ0v) is 20.4. The third kappa shape index (κ3) is 4.21. The van der Waals surface area contributed by atoms with Crippen molar-refractivity contribution >= 4 is 17.5 Å². The lowest BCUT2D eigenvalue weighted by Crippen LogP contribution is -2.32. The summed E-state index contributed by atoms with van der Waals surface area (Å²) in [6, 6.07) is 19.8. The minimum Gasteiger partial charge on any atom is -0.454 e. The van der Waals surface area contributed by atoms with E-state index in [1.807, 2.05) is 60.7 Å². The third-order valence-corrected chi connectivity index (χ3v) is 7.75. The fourth-order valence-electron chi connectivity index (χ4n) is 5.37. The first-order valence-electron chi connectivity index (χ1n) is 12.8. The summed E-state index contributed by atoms with van der Waals surface area (Å²) in [5, 5.41) is 6.29. The number of anilines is 1. The molecular formula is C30H34N2O4. The van der Waals surface area contributed by atoms with Gasteiger partial charge < -0.3 is 20.1 Å². The first kappa shape index (κ1) is 22.7. The van der Waals surface area contributed by atoms with Crippen LogP contribution in [-0.4, -0.2) is 24.6 Å². The normalized spacial score (nSPS) is 17.6. The van der Waals surface area contributed by atoms with Gasteiger partial charge in [0.15, 0.2) is 11.5 Å². The largest absolute Gasteiger partial charge is 0.454 e. The number of nitrogens with one attached hydrogen (secondary N) is 2. The van der Waals surface area contributed by atoms with Crippen molar-refractivity contribution < 1.29 is 21.9 Å². The lowest BCUT2D eigenvalue weighted by atomic mass is 9.94. The van der Waals surface area contributed by atoms with E-state index in [-0.39, 0.29) is 21.5 Å². The molecular weight excluding hydrogens is 452 g/mol. The van der Waals surface area contributed by atoms with E-state index in [0.717, 1.165) is 59.4 Å². The molecule has 0 radical (unpaired) electrons. The minimum absolute atomic E-state index is 0. The average molecular weight is 487 g/mol. The van der Waals surface area contributed by atoms with Crippen molar-refractivity contribution in [1.29, 1.82) is 0 Å². The monoisotopic (exact) mass is 486 g/mol. The van der Waals surface area contributed by atoms with Crippen molar-refractivity contribution in [1.82, 2.24) is 5.32 Å². The molecule has 2 amide bonds. The van der Waals surface area contributed by atoms with Crippen LogP contribution in [0.5, 0.6) is 11.5 Å². The predicted molar refractivity (Wildman–Crippen MR) is 143 cm³/mol. The summed E-state index contributed by atoms with van der Waals surface area (Å²) >= 11 is 0. The Kier molecular flexibility index (Phi) is 5.67. The highest BCUT2D eigenvalue weighted by Crippen LogP contribution is 2.51. The van der Waals surface area contributed by atoms with Crippen molar-refractivity contribution in [2.45, 2.75) is 56.9 Å². The van der Waals surface area contributed by atoms with E-state index in [4.69, 9.17) is 9.47 Å². The molecule has 1 heterocycles. The lowest BCUT2D eigenvalue weighted by molar-refractivity contribution is -0.118. The molecule has 2 saturated carbocycles. The van der Waals surface area contributed by atoms with Gasteiger partial charge in [-0.05, 0) is 91.3 Å². The minimum atomic E-state index is -0.527. The van der Waals surface area contributed by atoms with Gasteiger partial charge in [-0.1, -0.05) is 37.1 Å². The van der Waals surface area contributed by atoms with E-state index in [0.29, 0.717) is 17.4 Å². The number of amides is 2. The van der Waals surface area contributed by atoms with E-state index in [2.05, 4.69) is 17.6 Å². The summed E-state index contributed by atoms with van der Waals surface area (Å²) in [5.74, 6) is 1.41. The summed E-state index contributed by atoms with van der Waals surface area (Å²) in [5.41, 5.74) is 5.01. The molecule has 2 aliphatic carbocycles. The van der Waals surface area contributed by atoms with Crippen LogP contribution in [0.1, 0.15) is 62.9 Å². The molecule has 6 heteroatoms. The van der Waals surface area contributed by atoms with Gasteiger partial charge >= 0.3 is 0 Å². The van der Waals surface area contributed by atoms with Crippen LogP contribution in [0.25, 0.3) is 11.1 Å². The van der Waals surface area contributed by atoms with Crippen molar-refractivity contribution in [3.05, 3.63) is 77.4 Å². The number of benzene rings is 3. The summed E-state index contributed by atoms with van der Waals surface area (Å²) in [6.07, 6.45) is 6.12. The quantitative estimate of drug-likeness (QED) is 0.433. The molecule has 3 aromatic carbocycles. The van der Waals surface area contributed by atoms with Gasteiger partial charge in [-0.2, -0.15) is 0 Å². The van der Waals surface area contributed by atoms with Gasteiger partial charge in [0, 0.05) is 20.1 Å². The molecule has 0 aromatic heterocycles. The van der Waals surface area contributed by atoms with Crippen molar-refractivity contribution in [2.24, 2.45) is 0 Å². The van der Waals surface area contributed by atoms with Crippen LogP contribution in [0, 0.1) is 6.92 Å². The summed E-state index contributed by atoms with van der Waals surface area (Å²) < 4.78 is 10.9. The van der Waals surface area contributed by atoms with Gasteiger partial charge in [0.05, 0.1) is 5.41 Å². The number of fused-ring (bicyclic) bond motifs is 1. The van der Waals surface area contributed by atoms with Crippen LogP contribution >= 0.6 is 0 Å². The second-order valence-corrected chi connectivity index (χ2v) is 10.2. The first-order chi connectivity index (χ1) is 17.5. The molecule has 36 heavy (non-hydrogen) atoms. The number of hydrogen-bond acceptors (Lipinski definition) is 4. The maximum Gasteiger partial charge on any atom is 0.251 e. The van der Waals surface area contributed by atoms with E-state index >= 15 is 0 Å². The van der Waals surface area contributed by atoms with Gasteiger partial charge in [0.25, 0.3) is 5.91 Å². The van der Waals surface area contributed by atoms with Gasteiger partial charge in [0.2, 0.25) is 12.7 Å². The number of carbonyl (C=O) groups is 2. The Labute approximate surface area is 214 Å². The molecule has 1 aliphatic heterocycles.